The molecule has 0 saturated heterocycles. The van der Waals surface area contributed by atoms with Gasteiger partial charge in [-0.1, -0.05) is 25.9 Å². The van der Waals surface area contributed by atoms with Crippen molar-refractivity contribution < 1.29 is 14.4 Å². The van der Waals surface area contributed by atoms with E-state index in [9.17, 15) is 5.11 Å². The highest BCUT2D eigenvalue weighted by Gasteiger charge is 2.18. The maximum Gasteiger partial charge on any atom is 0.259 e. The summed E-state index contributed by atoms with van der Waals surface area (Å²) in [6.07, 6.45) is 3.83. The summed E-state index contributed by atoms with van der Waals surface area (Å²) >= 11 is 0. The van der Waals surface area contributed by atoms with Crippen molar-refractivity contribution in [2.75, 3.05) is 31.1 Å². The zero-order valence-corrected chi connectivity index (χ0v) is 21.0. The van der Waals surface area contributed by atoms with Crippen molar-refractivity contribution in [1.29, 1.82) is 0 Å². The predicted molar refractivity (Wildman–Crippen MR) is 135 cm³/mol. The molecule has 3 N–H and O–H groups in total. The van der Waals surface area contributed by atoms with Crippen LogP contribution in [0.1, 0.15) is 50.8 Å². The van der Waals surface area contributed by atoms with Gasteiger partial charge in [0.15, 0.2) is 0 Å². The Morgan fingerprint density at radius 1 is 1.09 bits per heavy atom. The molecule has 8 nitrogen and oxygen atoms in total. The van der Waals surface area contributed by atoms with Gasteiger partial charge in [0.25, 0.3) is 5.89 Å². The van der Waals surface area contributed by atoms with Gasteiger partial charge >= 0.3 is 0 Å². The van der Waals surface area contributed by atoms with Gasteiger partial charge in [0.2, 0.25) is 5.82 Å². The molecule has 184 valence electrons. The smallest absolute Gasteiger partial charge is 0.259 e. The molecule has 0 amide bonds. The van der Waals surface area contributed by atoms with Crippen molar-refractivity contribution in [3.8, 4) is 28.6 Å². The Labute approximate surface area is 202 Å². The Balaban J connectivity index is 1.89. The minimum Gasteiger partial charge on any atom is -0.490 e. The second kappa shape index (κ2) is 11.9. The first kappa shape index (κ1) is 25.6. The zero-order chi connectivity index (χ0) is 24.7. The molecular weight excluding hydrogens is 430 g/mol. The molecule has 0 spiro atoms. The van der Waals surface area contributed by atoms with Crippen LogP contribution in [0.3, 0.4) is 0 Å². The molecule has 0 unspecified atom stereocenters. The molecule has 1 atom stereocenters. The molecule has 34 heavy (non-hydrogen) atoms. The normalized spacial score (nSPS) is 12.1. The van der Waals surface area contributed by atoms with E-state index in [2.05, 4.69) is 48.8 Å². The van der Waals surface area contributed by atoms with Crippen LogP contribution in [0, 0.1) is 6.92 Å². The second-order valence-electron chi connectivity index (χ2n) is 8.40. The molecule has 2 aromatic heterocycles. The van der Waals surface area contributed by atoms with Gasteiger partial charge < -0.3 is 25.0 Å². The second-order valence-corrected chi connectivity index (χ2v) is 8.40. The number of aliphatic hydroxyl groups is 1. The summed E-state index contributed by atoms with van der Waals surface area (Å²) in [6.45, 7) is 12.7. The molecule has 3 rings (SSSR count). The molecule has 0 aliphatic rings. The Morgan fingerprint density at radius 3 is 2.47 bits per heavy atom. The number of aromatic nitrogens is 3. The van der Waals surface area contributed by atoms with Gasteiger partial charge in [-0.25, -0.2) is 4.98 Å². The molecule has 8 heteroatoms. The number of aliphatic hydroxyl groups excluding tert-OH is 1. The molecule has 0 bridgehead atoms. The summed E-state index contributed by atoms with van der Waals surface area (Å²) in [7, 11) is 0. The fourth-order valence-electron chi connectivity index (χ4n) is 4.00. The number of aryl methyl sites for hydroxylation is 3. The fourth-order valence-corrected chi connectivity index (χ4v) is 4.00. The van der Waals surface area contributed by atoms with Gasteiger partial charge in [-0.15, -0.1) is 0 Å². The first-order valence-corrected chi connectivity index (χ1v) is 12.2. The van der Waals surface area contributed by atoms with Crippen LogP contribution in [-0.2, 0) is 12.8 Å². The lowest BCUT2D eigenvalue weighted by molar-refractivity contribution is 0.113. The van der Waals surface area contributed by atoms with E-state index in [4.69, 9.17) is 20.0 Å². The molecule has 0 aliphatic carbocycles. The third-order valence-corrected chi connectivity index (χ3v) is 5.85. The molecule has 1 aromatic carbocycles. The Bertz CT molecular complexity index is 1080. The van der Waals surface area contributed by atoms with Crippen LogP contribution in [0.4, 0.5) is 5.82 Å². The van der Waals surface area contributed by atoms with E-state index in [1.165, 1.54) is 0 Å². The minimum atomic E-state index is -0.692. The lowest BCUT2D eigenvalue weighted by Gasteiger charge is -2.23. The summed E-state index contributed by atoms with van der Waals surface area (Å²) in [4.78, 5) is 11.7. The SMILES string of the molecule is CCCN(CC)c1ncc(-c2nc(-c3cc(C)c(OC[C@H](O)CN)c(CC)c3)no2)cc1CC. The number of hydrogen-bond donors (Lipinski definition) is 2. The third-order valence-electron chi connectivity index (χ3n) is 5.85. The van der Waals surface area contributed by atoms with E-state index in [1.54, 1.807) is 0 Å². The molecule has 0 fully saturated rings. The molecule has 3 aromatic rings. The minimum absolute atomic E-state index is 0.159. The Hall–Kier alpha value is -2.97. The van der Waals surface area contributed by atoms with Crippen molar-refractivity contribution >= 4 is 5.82 Å². The van der Waals surface area contributed by atoms with Crippen LogP contribution < -0.4 is 15.4 Å². The van der Waals surface area contributed by atoms with Crippen molar-refractivity contribution in [3.63, 3.8) is 0 Å². The van der Waals surface area contributed by atoms with E-state index in [-0.39, 0.29) is 13.2 Å². The molecule has 0 aliphatic heterocycles. The Kier molecular flexibility index (Phi) is 9.01. The number of benzene rings is 1. The van der Waals surface area contributed by atoms with Gasteiger partial charge in [0.05, 0.1) is 5.56 Å². The van der Waals surface area contributed by atoms with E-state index in [0.29, 0.717) is 11.7 Å². The topological polar surface area (TPSA) is 111 Å². The predicted octanol–water partition coefficient (Wildman–Crippen LogP) is 4.17. The highest BCUT2D eigenvalue weighted by molar-refractivity contribution is 5.65. The van der Waals surface area contributed by atoms with E-state index >= 15 is 0 Å². The number of rotatable bonds is 12. The van der Waals surface area contributed by atoms with Crippen LogP contribution in [0.25, 0.3) is 22.8 Å². The van der Waals surface area contributed by atoms with Gasteiger partial charge in [-0.3, -0.25) is 0 Å². The average molecular weight is 468 g/mol. The van der Waals surface area contributed by atoms with Crippen molar-refractivity contribution in [2.24, 2.45) is 5.73 Å². The highest BCUT2D eigenvalue weighted by atomic mass is 16.5. The van der Waals surface area contributed by atoms with Crippen molar-refractivity contribution in [2.45, 2.75) is 60.0 Å². The van der Waals surface area contributed by atoms with Gasteiger partial charge in [0, 0.05) is 31.4 Å². The number of hydrogen-bond acceptors (Lipinski definition) is 8. The lowest BCUT2D eigenvalue weighted by atomic mass is 10.0. The largest absolute Gasteiger partial charge is 0.490 e. The highest BCUT2D eigenvalue weighted by Crippen LogP contribution is 2.32. The molecule has 0 saturated carbocycles. The van der Waals surface area contributed by atoms with Gasteiger partial charge in [-0.05, 0) is 68.0 Å². The van der Waals surface area contributed by atoms with Crippen LogP contribution in [0.2, 0.25) is 0 Å². The summed E-state index contributed by atoms with van der Waals surface area (Å²) in [6, 6.07) is 6.08. The number of nitrogens with zero attached hydrogens (tertiary/aromatic N) is 4. The van der Waals surface area contributed by atoms with Crippen LogP contribution in [0.5, 0.6) is 5.75 Å². The average Bonchev–Trinajstić information content (AvgIpc) is 3.36. The first-order chi connectivity index (χ1) is 16.4. The van der Waals surface area contributed by atoms with Crippen molar-refractivity contribution in [1.82, 2.24) is 15.1 Å². The number of ether oxygens (including phenoxy) is 1. The molecular formula is C26H37N5O3. The van der Waals surface area contributed by atoms with Crippen molar-refractivity contribution in [3.05, 3.63) is 41.1 Å². The molecule has 2 heterocycles. The summed E-state index contributed by atoms with van der Waals surface area (Å²) in [5.41, 5.74) is 10.3. The number of nitrogens with two attached hydrogens (primary N) is 1. The number of anilines is 1. The summed E-state index contributed by atoms with van der Waals surface area (Å²) in [5, 5.41) is 14.0. The quantitative estimate of drug-likeness (QED) is 0.408. The maximum absolute atomic E-state index is 9.75. The fraction of sp³-hybridized carbons (Fsp3) is 0.500. The third kappa shape index (κ3) is 5.74. The standard InChI is InChI=1S/C26H37N5O3/c1-6-10-31(9-4)25-19(8-3)13-21(15-28-25)26-29-24(30-34-26)20-11-17(5)23(18(7-2)12-20)33-16-22(32)14-27/h11-13,15,22,32H,6-10,14,16,27H2,1-5H3/t22-/m1/s1. The van der Waals surface area contributed by atoms with Crippen LogP contribution in [0.15, 0.2) is 28.9 Å². The summed E-state index contributed by atoms with van der Waals surface area (Å²) < 4.78 is 11.5. The Morgan fingerprint density at radius 2 is 1.82 bits per heavy atom. The summed E-state index contributed by atoms with van der Waals surface area (Å²) in [5.74, 6) is 2.75. The maximum atomic E-state index is 9.75. The zero-order valence-electron chi connectivity index (χ0n) is 21.0. The van der Waals surface area contributed by atoms with Crippen LogP contribution in [-0.4, -0.2) is 52.6 Å². The first-order valence-electron chi connectivity index (χ1n) is 12.2. The van der Waals surface area contributed by atoms with Crippen LogP contribution >= 0.6 is 0 Å². The molecule has 0 radical (unpaired) electrons. The monoisotopic (exact) mass is 467 g/mol. The van der Waals surface area contributed by atoms with E-state index in [1.807, 2.05) is 25.3 Å². The van der Waals surface area contributed by atoms with E-state index in [0.717, 1.165) is 71.7 Å². The van der Waals surface area contributed by atoms with E-state index < -0.39 is 6.10 Å². The van der Waals surface area contributed by atoms with Gasteiger partial charge in [0.1, 0.15) is 24.3 Å². The lowest BCUT2D eigenvalue weighted by Crippen LogP contribution is -2.27. The number of pyridine rings is 1. The van der Waals surface area contributed by atoms with Gasteiger partial charge in [-0.2, -0.15) is 4.98 Å².